The number of hydrogen-bond donors (Lipinski definition) is 3. The number of benzene rings is 2. The third kappa shape index (κ3) is 4.37. The molecule has 1 aromatic heterocycles. The number of nitrogens with one attached hydrogen (secondary N) is 3. The van der Waals surface area contributed by atoms with E-state index in [0.717, 1.165) is 5.52 Å². The number of nitrogens with zero attached hydrogens (tertiary/aromatic N) is 2. The lowest BCUT2D eigenvalue weighted by atomic mass is 10.2. The van der Waals surface area contributed by atoms with Crippen LogP contribution < -0.4 is 15.5 Å². The summed E-state index contributed by atoms with van der Waals surface area (Å²) in [5.74, 6) is -1.90. The quantitative estimate of drug-likeness (QED) is 0.513. The van der Waals surface area contributed by atoms with Crippen molar-refractivity contribution in [3.05, 3.63) is 54.2 Å². The molecule has 158 valence electrons. The summed E-state index contributed by atoms with van der Waals surface area (Å²) >= 11 is 0. The van der Waals surface area contributed by atoms with Crippen molar-refractivity contribution in [1.82, 2.24) is 15.5 Å². The number of ether oxygens (including phenoxy) is 1. The highest BCUT2D eigenvalue weighted by Crippen LogP contribution is 2.28. The van der Waals surface area contributed by atoms with E-state index in [0.29, 0.717) is 16.8 Å². The molecule has 3 amide bonds. The highest BCUT2D eigenvalue weighted by atomic mass is 16.5. The first-order chi connectivity index (χ1) is 15.0. The molecule has 0 atom stereocenters. The first kappa shape index (κ1) is 20.1. The number of hydrogen-bond acceptors (Lipinski definition) is 6. The largest absolute Gasteiger partial charge is 0.455 e. The summed E-state index contributed by atoms with van der Waals surface area (Å²) < 4.78 is 5.02. The van der Waals surface area contributed by atoms with Crippen molar-refractivity contribution >= 4 is 46.0 Å². The highest BCUT2D eigenvalue weighted by molar-refractivity contribution is 6.10. The molecule has 4 rings (SSSR count). The van der Waals surface area contributed by atoms with Crippen LogP contribution in [0.5, 0.6) is 0 Å². The van der Waals surface area contributed by atoms with E-state index in [1.54, 1.807) is 42.5 Å². The van der Waals surface area contributed by atoms with Gasteiger partial charge in [0.05, 0.1) is 23.3 Å². The number of amides is 3. The number of rotatable bonds is 6. The molecule has 0 aliphatic carbocycles. The summed E-state index contributed by atoms with van der Waals surface area (Å²) in [6.07, 6.45) is -0.113. The van der Waals surface area contributed by atoms with Gasteiger partial charge in [-0.15, -0.1) is 0 Å². The number of esters is 1. The van der Waals surface area contributed by atoms with Gasteiger partial charge in [-0.3, -0.25) is 29.2 Å². The van der Waals surface area contributed by atoms with E-state index in [-0.39, 0.29) is 31.1 Å². The van der Waals surface area contributed by atoms with Crippen LogP contribution in [0.1, 0.15) is 16.9 Å². The first-order valence-electron chi connectivity index (χ1n) is 9.59. The number of carbonyl (C=O) groups excluding carboxylic acids is 4. The number of carbonyl (C=O) groups is 4. The van der Waals surface area contributed by atoms with Gasteiger partial charge in [0.2, 0.25) is 5.91 Å². The third-order valence-electron chi connectivity index (χ3n) is 4.73. The lowest BCUT2D eigenvalue weighted by molar-refractivity contribution is -0.147. The van der Waals surface area contributed by atoms with Gasteiger partial charge in [-0.05, 0) is 18.2 Å². The standard InChI is InChI=1S/C21H19N5O5/c27-17-11-26(16-8-4-3-7-15(16)23-17)18(28)12-31-19(29)9-10-22-21(30)20-13-5-1-2-6-14(13)24-25-20/h1-8H,9-12H2,(H,22,30)(H,23,27)(H,24,25). The van der Waals surface area contributed by atoms with Gasteiger partial charge in [0, 0.05) is 11.9 Å². The molecule has 0 spiro atoms. The molecule has 1 aliphatic heterocycles. The minimum absolute atomic E-state index is 0.0298. The lowest BCUT2D eigenvalue weighted by Gasteiger charge is -2.28. The molecule has 3 aromatic rings. The van der Waals surface area contributed by atoms with E-state index in [4.69, 9.17) is 4.74 Å². The summed E-state index contributed by atoms with van der Waals surface area (Å²) in [4.78, 5) is 49.8. The van der Waals surface area contributed by atoms with Crippen molar-refractivity contribution in [3.8, 4) is 0 Å². The Kier molecular flexibility index (Phi) is 5.61. The van der Waals surface area contributed by atoms with Crippen LogP contribution in [0.2, 0.25) is 0 Å². The Balaban J connectivity index is 1.26. The van der Waals surface area contributed by atoms with E-state index in [2.05, 4.69) is 20.8 Å². The fourth-order valence-electron chi connectivity index (χ4n) is 3.25. The minimum Gasteiger partial charge on any atom is -0.455 e. The number of anilines is 2. The Bertz CT molecular complexity index is 1170. The highest BCUT2D eigenvalue weighted by Gasteiger charge is 2.27. The predicted molar refractivity (Wildman–Crippen MR) is 111 cm³/mol. The van der Waals surface area contributed by atoms with Gasteiger partial charge in [-0.2, -0.15) is 5.10 Å². The van der Waals surface area contributed by atoms with E-state index in [1.807, 2.05) is 6.07 Å². The predicted octanol–water partition coefficient (Wildman–Crippen LogP) is 1.21. The van der Waals surface area contributed by atoms with Gasteiger partial charge in [0.1, 0.15) is 6.54 Å². The Morgan fingerprint density at radius 3 is 2.74 bits per heavy atom. The molecule has 0 radical (unpaired) electrons. The molecule has 10 nitrogen and oxygen atoms in total. The molecular weight excluding hydrogens is 402 g/mol. The molecule has 0 bridgehead atoms. The van der Waals surface area contributed by atoms with Gasteiger partial charge in [-0.25, -0.2) is 0 Å². The van der Waals surface area contributed by atoms with Gasteiger partial charge in [0.15, 0.2) is 12.3 Å². The SMILES string of the molecule is O=C1CN(C(=O)COC(=O)CCNC(=O)c2n[nH]c3ccccc23)c2ccccc2N1. The second kappa shape index (κ2) is 8.66. The minimum atomic E-state index is -0.643. The van der Waals surface area contributed by atoms with Gasteiger partial charge >= 0.3 is 5.97 Å². The van der Waals surface area contributed by atoms with Gasteiger partial charge in [0.25, 0.3) is 11.8 Å². The Labute approximate surface area is 176 Å². The Morgan fingerprint density at radius 2 is 1.87 bits per heavy atom. The molecule has 0 unspecified atom stereocenters. The normalized spacial score (nSPS) is 12.8. The van der Waals surface area contributed by atoms with Crippen LogP contribution in [0, 0.1) is 0 Å². The van der Waals surface area contributed by atoms with Crippen LogP contribution in [0.4, 0.5) is 11.4 Å². The molecule has 0 saturated heterocycles. The average molecular weight is 421 g/mol. The monoisotopic (exact) mass is 421 g/mol. The summed E-state index contributed by atoms with van der Waals surface area (Å²) in [5.41, 5.74) is 2.04. The molecule has 0 fully saturated rings. The fourth-order valence-corrected chi connectivity index (χ4v) is 3.25. The zero-order valence-electron chi connectivity index (χ0n) is 16.4. The lowest BCUT2D eigenvalue weighted by Crippen LogP contribution is -2.44. The molecule has 31 heavy (non-hydrogen) atoms. The van der Waals surface area contributed by atoms with Crippen molar-refractivity contribution in [2.24, 2.45) is 0 Å². The summed E-state index contributed by atoms with van der Waals surface area (Å²) in [6.45, 7) is -0.624. The van der Waals surface area contributed by atoms with E-state index in [9.17, 15) is 19.2 Å². The Hall–Kier alpha value is -4.21. The van der Waals surface area contributed by atoms with E-state index < -0.39 is 24.4 Å². The molecule has 2 aromatic carbocycles. The van der Waals surface area contributed by atoms with Crippen LogP contribution >= 0.6 is 0 Å². The van der Waals surface area contributed by atoms with Crippen molar-refractivity contribution in [3.63, 3.8) is 0 Å². The average Bonchev–Trinajstić information content (AvgIpc) is 3.21. The number of aromatic nitrogens is 2. The van der Waals surface area contributed by atoms with Crippen molar-refractivity contribution < 1.29 is 23.9 Å². The number of fused-ring (bicyclic) bond motifs is 2. The van der Waals surface area contributed by atoms with Gasteiger partial charge < -0.3 is 15.4 Å². The van der Waals surface area contributed by atoms with Crippen LogP contribution in [-0.2, 0) is 19.1 Å². The maximum Gasteiger partial charge on any atom is 0.308 e. The molecule has 10 heteroatoms. The van der Waals surface area contributed by atoms with Crippen molar-refractivity contribution in [1.29, 1.82) is 0 Å². The zero-order valence-corrected chi connectivity index (χ0v) is 16.4. The molecular formula is C21H19N5O5. The maximum absolute atomic E-state index is 12.5. The summed E-state index contributed by atoms with van der Waals surface area (Å²) in [7, 11) is 0. The number of H-pyrrole nitrogens is 1. The van der Waals surface area contributed by atoms with E-state index >= 15 is 0 Å². The van der Waals surface area contributed by atoms with Gasteiger partial charge in [-0.1, -0.05) is 30.3 Å². The number of para-hydroxylation sites is 3. The van der Waals surface area contributed by atoms with E-state index in [1.165, 1.54) is 4.90 Å². The topological polar surface area (TPSA) is 133 Å². The number of aromatic amines is 1. The van der Waals surface area contributed by atoms with Crippen LogP contribution in [0.15, 0.2) is 48.5 Å². The first-order valence-corrected chi connectivity index (χ1v) is 9.59. The van der Waals surface area contributed by atoms with Crippen LogP contribution in [-0.4, -0.2) is 53.6 Å². The third-order valence-corrected chi connectivity index (χ3v) is 4.73. The second-order valence-electron chi connectivity index (χ2n) is 6.83. The zero-order chi connectivity index (χ0) is 21.8. The molecule has 2 heterocycles. The van der Waals surface area contributed by atoms with Crippen LogP contribution in [0.25, 0.3) is 10.9 Å². The summed E-state index contributed by atoms with van der Waals surface area (Å²) in [5, 5.41) is 12.7. The molecule has 0 saturated carbocycles. The van der Waals surface area contributed by atoms with Crippen molar-refractivity contribution in [2.75, 3.05) is 29.9 Å². The fraction of sp³-hybridized carbons (Fsp3) is 0.190. The maximum atomic E-state index is 12.5. The van der Waals surface area contributed by atoms with Crippen molar-refractivity contribution in [2.45, 2.75) is 6.42 Å². The molecule has 3 N–H and O–H groups in total. The smallest absolute Gasteiger partial charge is 0.308 e. The molecule has 1 aliphatic rings. The summed E-state index contributed by atoms with van der Waals surface area (Å²) in [6, 6.07) is 14.1. The second-order valence-corrected chi connectivity index (χ2v) is 6.83. The van der Waals surface area contributed by atoms with Crippen LogP contribution in [0.3, 0.4) is 0 Å². The Morgan fingerprint density at radius 1 is 1.10 bits per heavy atom.